The molecule has 8 heteroatoms. The van der Waals surface area contributed by atoms with Gasteiger partial charge in [0.15, 0.2) is 0 Å². The van der Waals surface area contributed by atoms with Gasteiger partial charge in [-0.3, -0.25) is 9.48 Å². The molecular formula is C16H17Cl2N3O3. The highest BCUT2D eigenvalue weighted by Gasteiger charge is 2.22. The van der Waals surface area contributed by atoms with Gasteiger partial charge in [0.1, 0.15) is 6.04 Å². The Kier molecular flexibility index (Phi) is 6.23. The molecule has 0 aliphatic carbocycles. The number of carboxylic acids is 1. The lowest BCUT2D eigenvalue weighted by atomic mass is 10.1. The van der Waals surface area contributed by atoms with Gasteiger partial charge in [-0.1, -0.05) is 30.1 Å². The van der Waals surface area contributed by atoms with E-state index in [4.69, 9.17) is 23.2 Å². The molecule has 1 aromatic heterocycles. The second-order valence-corrected chi connectivity index (χ2v) is 6.21. The molecule has 0 saturated heterocycles. The number of rotatable bonds is 7. The van der Waals surface area contributed by atoms with Gasteiger partial charge in [0, 0.05) is 29.2 Å². The number of carboxylic acid groups (broad SMARTS) is 1. The van der Waals surface area contributed by atoms with Crippen molar-refractivity contribution in [2.45, 2.75) is 32.4 Å². The van der Waals surface area contributed by atoms with E-state index in [1.165, 1.54) is 6.20 Å². The molecule has 1 atom stereocenters. The average Bonchev–Trinajstić information content (AvgIpc) is 2.94. The number of amides is 1. The summed E-state index contributed by atoms with van der Waals surface area (Å²) in [5.41, 5.74) is 0.945. The number of hydrogen-bond donors (Lipinski definition) is 2. The number of benzene rings is 1. The van der Waals surface area contributed by atoms with Gasteiger partial charge in [-0.05, 0) is 30.2 Å². The topological polar surface area (TPSA) is 84.2 Å². The van der Waals surface area contributed by atoms with Crippen molar-refractivity contribution in [3.63, 3.8) is 0 Å². The Hall–Kier alpha value is -2.05. The summed E-state index contributed by atoms with van der Waals surface area (Å²) in [7, 11) is 0. The molecule has 1 unspecified atom stereocenters. The van der Waals surface area contributed by atoms with Crippen molar-refractivity contribution in [2.24, 2.45) is 0 Å². The third-order valence-electron chi connectivity index (χ3n) is 3.31. The van der Waals surface area contributed by atoms with E-state index in [1.54, 1.807) is 29.1 Å². The molecule has 128 valence electrons. The second kappa shape index (κ2) is 8.17. The first-order valence-corrected chi connectivity index (χ1v) is 8.15. The van der Waals surface area contributed by atoms with Crippen LogP contribution in [0.2, 0.25) is 10.0 Å². The van der Waals surface area contributed by atoms with E-state index in [2.05, 4.69) is 10.4 Å². The van der Waals surface area contributed by atoms with Crippen LogP contribution in [0.25, 0.3) is 0 Å². The number of nitrogens with zero attached hydrogens (tertiary/aromatic N) is 2. The summed E-state index contributed by atoms with van der Waals surface area (Å²) < 4.78 is 1.64. The largest absolute Gasteiger partial charge is 0.480 e. The lowest BCUT2D eigenvalue weighted by Gasteiger charge is -2.14. The summed E-state index contributed by atoms with van der Waals surface area (Å²) in [6, 6.07) is 3.70. The van der Waals surface area contributed by atoms with Gasteiger partial charge in [-0.25, -0.2) is 4.79 Å². The zero-order chi connectivity index (χ0) is 17.7. The van der Waals surface area contributed by atoms with Crippen LogP contribution in [-0.2, 0) is 17.8 Å². The molecule has 2 N–H and O–H groups in total. The molecule has 0 radical (unpaired) electrons. The third-order valence-corrected chi connectivity index (χ3v) is 3.75. The van der Waals surface area contributed by atoms with Crippen molar-refractivity contribution in [2.75, 3.05) is 0 Å². The number of halogens is 2. The Labute approximate surface area is 149 Å². The molecule has 1 aromatic carbocycles. The first kappa shape index (κ1) is 18.3. The minimum Gasteiger partial charge on any atom is -0.480 e. The molecule has 2 aromatic rings. The van der Waals surface area contributed by atoms with Crippen LogP contribution >= 0.6 is 23.2 Å². The zero-order valence-corrected chi connectivity index (χ0v) is 14.5. The first-order valence-electron chi connectivity index (χ1n) is 7.40. The fourth-order valence-corrected chi connectivity index (χ4v) is 2.81. The number of hydrogen-bond acceptors (Lipinski definition) is 3. The molecule has 6 nitrogen and oxygen atoms in total. The van der Waals surface area contributed by atoms with E-state index in [9.17, 15) is 14.7 Å². The predicted molar refractivity (Wildman–Crippen MR) is 91.6 cm³/mol. The van der Waals surface area contributed by atoms with Crippen LogP contribution in [0.4, 0.5) is 0 Å². The van der Waals surface area contributed by atoms with E-state index in [0.29, 0.717) is 27.7 Å². The number of aromatic nitrogens is 2. The van der Waals surface area contributed by atoms with Crippen LogP contribution in [0, 0.1) is 0 Å². The molecule has 0 saturated carbocycles. The molecule has 0 aliphatic rings. The normalized spacial score (nSPS) is 12.0. The maximum atomic E-state index is 12.2. The maximum absolute atomic E-state index is 12.2. The predicted octanol–water partition coefficient (Wildman–Crippen LogP) is 3.03. The summed E-state index contributed by atoms with van der Waals surface area (Å²) in [6.45, 7) is 2.69. The molecule has 2 rings (SSSR count). The van der Waals surface area contributed by atoms with Gasteiger partial charge in [0.2, 0.25) is 0 Å². The Bertz CT molecular complexity index is 726. The molecule has 0 bridgehead atoms. The smallest absolute Gasteiger partial charge is 0.326 e. The fraction of sp³-hybridized carbons (Fsp3) is 0.312. The second-order valence-electron chi connectivity index (χ2n) is 5.34. The van der Waals surface area contributed by atoms with Gasteiger partial charge < -0.3 is 10.4 Å². The molecular weight excluding hydrogens is 353 g/mol. The molecule has 1 amide bonds. The van der Waals surface area contributed by atoms with Crippen molar-refractivity contribution in [3.8, 4) is 0 Å². The van der Waals surface area contributed by atoms with E-state index in [0.717, 1.165) is 6.42 Å². The summed E-state index contributed by atoms with van der Waals surface area (Å²) in [5, 5.41) is 16.7. The quantitative estimate of drug-likeness (QED) is 0.785. The van der Waals surface area contributed by atoms with Gasteiger partial charge in [0.05, 0.1) is 11.8 Å². The Morgan fingerprint density at radius 3 is 2.54 bits per heavy atom. The van der Waals surface area contributed by atoms with E-state index in [-0.39, 0.29) is 6.42 Å². The van der Waals surface area contributed by atoms with Gasteiger partial charge in [-0.15, -0.1) is 0 Å². The van der Waals surface area contributed by atoms with E-state index >= 15 is 0 Å². The van der Waals surface area contributed by atoms with Gasteiger partial charge in [0.25, 0.3) is 5.91 Å². The Morgan fingerprint density at radius 2 is 1.96 bits per heavy atom. The highest BCUT2D eigenvalue weighted by molar-refractivity contribution is 6.34. The van der Waals surface area contributed by atoms with Crippen molar-refractivity contribution in [3.05, 3.63) is 51.8 Å². The van der Waals surface area contributed by atoms with E-state index < -0.39 is 17.9 Å². The number of nitrogens with one attached hydrogen (secondary N) is 1. The van der Waals surface area contributed by atoms with Gasteiger partial charge in [-0.2, -0.15) is 5.10 Å². The molecule has 1 heterocycles. The lowest BCUT2D eigenvalue weighted by molar-refractivity contribution is -0.139. The SMILES string of the molecule is CCCn1cc(C(=O)NC(Cc2cc(Cl)cc(Cl)c2)C(=O)O)cn1. The first-order chi connectivity index (χ1) is 11.4. The van der Waals surface area contributed by atoms with Crippen LogP contribution in [0.15, 0.2) is 30.6 Å². The summed E-state index contributed by atoms with van der Waals surface area (Å²) in [4.78, 5) is 23.7. The monoisotopic (exact) mass is 369 g/mol. The van der Waals surface area contributed by atoms with Crippen LogP contribution in [0.5, 0.6) is 0 Å². The summed E-state index contributed by atoms with van der Waals surface area (Å²) in [6.07, 6.45) is 3.97. The van der Waals surface area contributed by atoms with Crippen molar-refractivity contribution >= 4 is 35.1 Å². The zero-order valence-electron chi connectivity index (χ0n) is 13.0. The minimum atomic E-state index is -1.14. The number of carbonyl (C=O) groups excluding carboxylic acids is 1. The third kappa shape index (κ3) is 4.97. The minimum absolute atomic E-state index is 0.0739. The molecule has 0 aliphatic heterocycles. The molecule has 24 heavy (non-hydrogen) atoms. The average molecular weight is 370 g/mol. The molecule has 0 fully saturated rings. The number of carbonyl (C=O) groups is 2. The van der Waals surface area contributed by atoms with Crippen LogP contribution in [0.1, 0.15) is 29.3 Å². The fourth-order valence-electron chi connectivity index (χ4n) is 2.24. The number of aliphatic carboxylic acids is 1. The maximum Gasteiger partial charge on any atom is 0.326 e. The summed E-state index contributed by atoms with van der Waals surface area (Å²) in [5.74, 6) is -1.63. The van der Waals surface area contributed by atoms with E-state index in [1.807, 2.05) is 6.92 Å². The highest BCUT2D eigenvalue weighted by Crippen LogP contribution is 2.20. The lowest BCUT2D eigenvalue weighted by Crippen LogP contribution is -2.42. The van der Waals surface area contributed by atoms with Gasteiger partial charge >= 0.3 is 5.97 Å². The standard InChI is InChI=1S/C16H17Cl2N3O3/c1-2-3-21-9-11(8-19-21)15(22)20-14(16(23)24)6-10-4-12(17)7-13(18)5-10/h4-5,7-9,14H,2-3,6H2,1H3,(H,20,22)(H,23,24). The Morgan fingerprint density at radius 1 is 1.29 bits per heavy atom. The Balaban J connectivity index is 2.09. The van der Waals surface area contributed by atoms with Crippen molar-refractivity contribution in [1.82, 2.24) is 15.1 Å². The van der Waals surface area contributed by atoms with Crippen molar-refractivity contribution < 1.29 is 14.7 Å². The van der Waals surface area contributed by atoms with Crippen LogP contribution < -0.4 is 5.32 Å². The summed E-state index contributed by atoms with van der Waals surface area (Å²) >= 11 is 11.8. The van der Waals surface area contributed by atoms with Crippen LogP contribution in [0.3, 0.4) is 0 Å². The van der Waals surface area contributed by atoms with Crippen molar-refractivity contribution in [1.29, 1.82) is 0 Å². The number of aryl methyl sites for hydroxylation is 1. The highest BCUT2D eigenvalue weighted by atomic mass is 35.5. The van der Waals surface area contributed by atoms with Crippen LogP contribution in [-0.4, -0.2) is 32.8 Å². The molecule has 0 spiro atoms.